The lowest BCUT2D eigenvalue weighted by atomic mass is 10.1. The molecule has 0 aromatic heterocycles. The number of halogens is 1. The van der Waals surface area contributed by atoms with E-state index in [1.807, 2.05) is 25.1 Å². The minimum Gasteiger partial charge on any atom is -0.492 e. The SMILES string of the molecule is CCCCCOc1ccc(C)cc1C#CCCl. The Morgan fingerprint density at radius 3 is 2.82 bits per heavy atom. The quantitative estimate of drug-likeness (QED) is 0.433. The van der Waals surface area contributed by atoms with Crippen molar-refractivity contribution in [3.05, 3.63) is 29.3 Å². The van der Waals surface area contributed by atoms with Crippen molar-refractivity contribution in [2.75, 3.05) is 12.5 Å². The molecule has 0 bridgehead atoms. The van der Waals surface area contributed by atoms with E-state index in [1.54, 1.807) is 0 Å². The fraction of sp³-hybridized carbons (Fsp3) is 0.467. The average Bonchev–Trinajstić information content (AvgIpc) is 2.34. The number of benzene rings is 1. The molecule has 2 heteroatoms. The molecule has 0 atom stereocenters. The molecule has 1 rings (SSSR count). The van der Waals surface area contributed by atoms with Gasteiger partial charge in [0.05, 0.1) is 18.1 Å². The number of unbranched alkanes of at least 4 members (excludes halogenated alkanes) is 2. The zero-order chi connectivity index (χ0) is 12.5. The normalized spacial score (nSPS) is 9.59. The highest BCUT2D eigenvalue weighted by Gasteiger charge is 2.01. The predicted molar refractivity (Wildman–Crippen MR) is 73.8 cm³/mol. The Bertz CT molecular complexity index is 401. The molecule has 0 saturated carbocycles. The van der Waals surface area contributed by atoms with Crippen LogP contribution < -0.4 is 4.74 Å². The summed E-state index contributed by atoms with van der Waals surface area (Å²) in [6.45, 7) is 4.99. The van der Waals surface area contributed by atoms with E-state index >= 15 is 0 Å². The molecule has 1 nitrogen and oxygen atoms in total. The first kappa shape index (κ1) is 13.9. The molecule has 0 aliphatic carbocycles. The van der Waals surface area contributed by atoms with Crippen LogP contribution >= 0.6 is 11.6 Å². The van der Waals surface area contributed by atoms with Crippen LogP contribution in [0, 0.1) is 18.8 Å². The summed E-state index contributed by atoms with van der Waals surface area (Å²) in [5.74, 6) is 7.12. The van der Waals surface area contributed by atoms with Gasteiger partial charge in [-0.25, -0.2) is 0 Å². The maximum absolute atomic E-state index is 5.75. The second kappa shape index (κ2) is 8.03. The summed E-state index contributed by atoms with van der Waals surface area (Å²) in [6.07, 6.45) is 3.50. The minimum atomic E-state index is 0.350. The van der Waals surface area contributed by atoms with Crippen molar-refractivity contribution >= 4 is 11.6 Å². The third-order valence-corrected chi connectivity index (χ3v) is 2.56. The number of ether oxygens (including phenoxy) is 1. The predicted octanol–water partition coefficient (Wildman–Crippen LogP) is 4.15. The van der Waals surface area contributed by atoms with Gasteiger partial charge >= 0.3 is 0 Å². The van der Waals surface area contributed by atoms with Crippen LogP contribution in [0.3, 0.4) is 0 Å². The van der Waals surface area contributed by atoms with E-state index in [2.05, 4.69) is 18.8 Å². The molecule has 0 unspecified atom stereocenters. The minimum absolute atomic E-state index is 0.350. The molecule has 0 heterocycles. The van der Waals surface area contributed by atoms with E-state index in [0.717, 1.165) is 24.3 Å². The first-order valence-corrected chi connectivity index (χ1v) is 6.59. The fourth-order valence-electron chi connectivity index (χ4n) is 1.53. The van der Waals surface area contributed by atoms with E-state index in [0.29, 0.717) is 5.88 Å². The summed E-state index contributed by atoms with van der Waals surface area (Å²) < 4.78 is 5.75. The fourth-order valence-corrected chi connectivity index (χ4v) is 1.60. The Labute approximate surface area is 109 Å². The van der Waals surface area contributed by atoms with Crippen LogP contribution in [0.4, 0.5) is 0 Å². The Morgan fingerprint density at radius 2 is 2.12 bits per heavy atom. The van der Waals surface area contributed by atoms with Crippen molar-refractivity contribution in [3.8, 4) is 17.6 Å². The Morgan fingerprint density at radius 1 is 1.29 bits per heavy atom. The summed E-state index contributed by atoms with van der Waals surface area (Å²) in [5.41, 5.74) is 2.12. The van der Waals surface area contributed by atoms with Gasteiger partial charge in [0.2, 0.25) is 0 Å². The standard InChI is InChI=1S/C15H19ClO/c1-3-4-5-11-17-15-9-8-13(2)12-14(15)7-6-10-16/h8-9,12H,3-5,10-11H2,1-2H3. The molecule has 92 valence electrons. The number of aryl methyl sites for hydroxylation is 1. The highest BCUT2D eigenvalue weighted by Crippen LogP contribution is 2.19. The van der Waals surface area contributed by atoms with Gasteiger partial charge in [-0.1, -0.05) is 37.7 Å². The Hall–Kier alpha value is -1.13. The van der Waals surface area contributed by atoms with E-state index < -0.39 is 0 Å². The first-order chi connectivity index (χ1) is 8.27. The molecule has 0 saturated heterocycles. The average molecular weight is 251 g/mol. The summed E-state index contributed by atoms with van der Waals surface area (Å²) in [6, 6.07) is 6.06. The third-order valence-electron chi connectivity index (χ3n) is 2.43. The summed E-state index contributed by atoms with van der Waals surface area (Å²) in [4.78, 5) is 0. The Kier molecular flexibility index (Phi) is 6.58. The van der Waals surface area contributed by atoms with Crippen LogP contribution in [-0.4, -0.2) is 12.5 Å². The summed E-state index contributed by atoms with van der Waals surface area (Å²) in [5, 5.41) is 0. The van der Waals surface area contributed by atoms with Gasteiger partial charge in [0, 0.05) is 0 Å². The highest BCUT2D eigenvalue weighted by molar-refractivity contribution is 6.19. The number of rotatable bonds is 5. The lowest BCUT2D eigenvalue weighted by Gasteiger charge is -2.08. The largest absolute Gasteiger partial charge is 0.492 e. The highest BCUT2D eigenvalue weighted by atomic mass is 35.5. The maximum atomic E-state index is 5.75. The monoisotopic (exact) mass is 250 g/mol. The van der Waals surface area contributed by atoms with Gasteiger partial charge in [0.15, 0.2) is 0 Å². The van der Waals surface area contributed by atoms with Crippen LogP contribution in [0.2, 0.25) is 0 Å². The van der Waals surface area contributed by atoms with Crippen molar-refractivity contribution in [1.82, 2.24) is 0 Å². The molecule has 0 radical (unpaired) electrons. The van der Waals surface area contributed by atoms with Crippen molar-refractivity contribution in [2.24, 2.45) is 0 Å². The van der Waals surface area contributed by atoms with Crippen molar-refractivity contribution in [1.29, 1.82) is 0 Å². The molecule has 1 aromatic rings. The van der Waals surface area contributed by atoms with Gasteiger partial charge in [0.25, 0.3) is 0 Å². The van der Waals surface area contributed by atoms with Crippen LogP contribution in [0.25, 0.3) is 0 Å². The lowest BCUT2D eigenvalue weighted by Crippen LogP contribution is -1.99. The molecular formula is C15H19ClO. The molecule has 0 fully saturated rings. The van der Waals surface area contributed by atoms with Gasteiger partial charge < -0.3 is 4.74 Å². The smallest absolute Gasteiger partial charge is 0.134 e. The summed E-state index contributed by atoms with van der Waals surface area (Å²) in [7, 11) is 0. The lowest BCUT2D eigenvalue weighted by molar-refractivity contribution is 0.305. The zero-order valence-electron chi connectivity index (χ0n) is 10.6. The number of hydrogen-bond acceptors (Lipinski definition) is 1. The second-order valence-corrected chi connectivity index (χ2v) is 4.26. The molecule has 0 aliphatic heterocycles. The second-order valence-electron chi connectivity index (χ2n) is 3.99. The molecule has 1 aromatic carbocycles. The third kappa shape index (κ3) is 5.15. The van der Waals surface area contributed by atoms with Gasteiger partial charge in [-0.15, -0.1) is 11.6 Å². The van der Waals surface area contributed by atoms with Crippen molar-refractivity contribution in [2.45, 2.75) is 33.1 Å². The van der Waals surface area contributed by atoms with E-state index in [1.165, 1.54) is 18.4 Å². The van der Waals surface area contributed by atoms with Crippen molar-refractivity contribution < 1.29 is 4.74 Å². The van der Waals surface area contributed by atoms with Gasteiger partial charge in [-0.05, 0) is 31.0 Å². The Balaban J connectivity index is 2.69. The van der Waals surface area contributed by atoms with E-state index in [-0.39, 0.29) is 0 Å². The van der Waals surface area contributed by atoms with Gasteiger partial charge in [0.1, 0.15) is 5.75 Å². The topological polar surface area (TPSA) is 9.23 Å². The maximum Gasteiger partial charge on any atom is 0.134 e. The van der Waals surface area contributed by atoms with Crippen LogP contribution in [-0.2, 0) is 0 Å². The summed E-state index contributed by atoms with van der Waals surface area (Å²) >= 11 is 5.57. The number of alkyl halides is 1. The van der Waals surface area contributed by atoms with E-state index in [4.69, 9.17) is 16.3 Å². The van der Waals surface area contributed by atoms with Gasteiger partial charge in [-0.2, -0.15) is 0 Å². The molecule has 0 amide bonds. The van der Waals surface area contributed by atoms with E-state index in [9.17, 15) is 0 Å². The molecule has 17 heavy (non-hydrogen) atoms. The molecule has 0 aliphatic rings. The molecule has 0 spiro atoms. The van der Waals surface area contributed by atoms with Crippen molar-refractivity contribution in [3.63, 3.8) is 0 Å². The van der Waals surface area contributed by atoms with Crippen LogP contribution in [0.15, 0.2) is 18.2 Å². The zero-order valence-corrected chi connectivity index (χ0v) is 11.3. The molecular weight excluding hydrogens is 232 g/mol. The van der Waals surface area contributed by atoms with Gasteiger partial charge in [-0.3, -0.25) is 0 Å². The van der Waals surface area contributed by atoms with Crippen LogP contribution in [0.5, 0.6) is 5.75 Å². The first-order valence-electron chi connectivity index (χ1n) is 6.06. The number of hydrogen-bond donors (Lipinski definition) is 0. The van der Waals surface area contributed by atoms with Crippen LogP contribution in [0.1, 0.15) is 37.3 Å². The molecule has 0 N–H and O–H groups in total.